The molecule has 5 heteroatoms. The first-order chi connectivity index (χ1) is 11.1. The van der Waals surface area contributed by atoms with Gasteiger partial charge in [0.1, 0.15) is 12.3 Å². The van der Waals surface area contributed by atoms with E-state index in [0.29, 0.717) is 5.56 Å². The maximum atomic E-state index is 12.4. The Hall–Kier alpha value is -2.56. The van der Waals surface area contributed by atoms with Crippen molar-refractivity contribution < 1.29 is 14.0 Å². The minimum atomic E-state index is -0.625. The number of benzene rings is 1. The van der Waals surface area contributed by atoms with E-state index in [1.807, 2.05) is 30.3 Å². The summed E-state index contributed by atoms with van der Waals surface area (Å²) in [6.07, 6.45) is 4.57. The molecule has 0 spiro atoms. The molecule has 2 amide bonds. The van der Waals surface area contributed by atoms with E-state index >= 15 is 0 Å². The van der Waals surface area contributed by atoms with Crippen molar-refractivity contribution in [2.75, 3.05) is 0 Å². The van der Waals surface area contributed by atoms with E-state index in [1.165, 1.54) is 12.5 Å². The average molecular weight is 314 g/mol. The van der Waals surface area contributed by atoms with Crippen molar-refractivity contribution >= 4 is 11.8 Å². The Labute approximate surface area is 136 Å². The highest BCUT2D eigenvalue weighted by Crippen LogP contribution is 2.18. The van der Waals surface area contributed by atoms with Crippen molar-refractivity contribution in [3.8, 4) is 0 Å². The van der Waals surface area contributed by atoms with Crippen molar-refractivity contribution in [2.45, 2.75) is 38.8 Å². The Morgan fingerprint density at radius 1 is 1.13 bits per heavy atom. The molecule has 0 aliphatic carbocycles. The van der Waals surface area contributed by atoms with E-state index in [1.54, 1.807) is 13.0 Å². The van der Waals surface area contributed by atoms with Crippen LogP contribution in [0.25, 0.3) is 0 Å². The number of carbonyl (C=O) groups excluding carboxylic acids is 2. The van der Waals surface area contributed by atoms with Crippen LogP contribution < -0.4 is 10.6 Å². The number of nitrogens with one attached hydrogen (secondary N) is 2. The van der Waals surface area contributed by atoms with Crippen molar-refractivity contribution in [2.24, 2.45) is 0 Å². The first-order valence-corrected chi connectivity index (χ1v) is 7.80. The van der Waals surface area contributed by atoms with Gasteiger partial charge in [0.05, 0.1) is 17.9 Å². The lowest BCUT2D eigenvalue weighted by atomic mass is 10.0. The molecule has 23 heavy (non-hydrogen) atoms. The van der Waals surface area contributed by atoms with Crippen molar-refractivity contribution in [3.05, 3.63) is 60.1 Å². The fraction of sp³-hybridized carbons (Fsp3) is 0.333. The Kier molecular flexibility index (Phi) is 5.97. The molecule has 122 valence electrons. The van der Waals surface area contributed by atoms with E-state index in [4.69, 9.17) is 4.42 Å². The molecule has 0 aliphatic rings. The monoisotopic (exact) mass is 314 g/mol. The molecule has 0 aliphatic heterocycles. The highest BCUT2D eigenvalue weighted by molar-refractivity contribution is 5.97. The molecular weight excluding hydrogens is 292 g/mol. The molecule has 0 fully saturated rings. The number of furan rings is 1. The highest BCUT2D eigenvalue weighted by atomic mass is 16.3. The van der Waals surface area contributed by atoms with Gasteiger partial charge in [-0.1, -0.05) is 43.7 Å². The summed E-state index contributed by atoms with van der Waals surface area (Å²) in [5, 5.41) is 5.68. The van der Waals surface area contributed by atoms with Crippen LogP contribution in [0.15, 0.2) is 53.3 Å². The van der Waals surface area contributed by atoms with Crippen molar-refractivity contribution in [3.63, 3.8) is 0 Å². The van der Waals surface area contributed by atoms with E-state index in [-0.39, 0.29) is 17.9 Å². The van der Waals surface area contributed by atoms with Crippen LogP contribution in [0.4, 0.5) is 0 Å². The third-order valence-electron chi connectivity index (χ3n) is 3.62. The van der Waals surface area contributed by atoms with Gasteiger partial charge in [-0.3, -0.25) is 9.59 Å². The van der Waals surface area contributed by atoms with Crippen LogP contribution in [0.3, 0.4) is 0 Å². The average Bonchev–Trinajstić information content (AvgIpc) is 3.09. The van der Waals surface area contributed by atoms with Gasteiger partial charge in [0, 0.05) is 0 Å². The van der Waals surface area contributed by atoms with Crippen LogP contribution in [0.2, 0.25) is 0 Å². The number of amides is 2. The fourth-order valence-corrected chi connectivity index (χ4v) is 2.33. The van der Waals surface area contributed by atoms with Crippen LogP contribution in [-0.4, -0.2) is 17.9 Å². The van der Waals surface area contributed by atoms with E-state index in [9.17, 15) is 9.59 Å². The van der Waals surface area contributed by atoms with Crippen LogP contribution in [0.5, 0.6) is 0 Å². The number of rotatable bonds is 7. The molecule has 0 saturated carbocycles. The summed E-state index contributed by atoms with van der Waals surface area (Å²) in [4.78, 5) is 24.3. The second kappa shape index (κ2) is 8.17. The zero-order valence-corrected chi connectivity index (χ0v) is 13.4. The summed E-state index contributed by atoms with van der Waals surface area (Å²) in [6.45, 7) is 3.74. The van der Waals surface area contributed by atoms with Crippen LogP contribution in [0.1, 0.15) is 48.7 Å². The molecule has 2 aromatic rings. The molecule has 0 radical (unpaired) electrons. The molecule has 1 heterocycles. The molecule has 2 N–H and O–H groups in total. The van der Waals surface area contributed by atoms with Gasteiger partial charge in [0.15, 0.2) is 0 Å². The molecule has 1 aromatic carbocycles. The standard InChI is InChI=1S/C18H22N2O3/c1-3-7-16(14-8-5-4-6-9-14)20-17(21)13(2)19-18(22)15-10-11-23-12-15/h4-6,8-13,16H,3,7H2,1-2H3,(H,19,22)(H,20,21). The third kappa shape index (κ3) is 4.71. The van der Waals surface area contributed by atoms with Gasteiger partial charge in [0.2, 0.25) is 5.91 Å². The highest BCUT2D eigenvalue weighted by Gasteiger charge is 2.20. The largest absolute Gasteiger partial charge is 0.472 e. The number of hydrogen-bond donors (Lipinski definition) is 2. The zero-order valence-electron chi connectivity index (χ0n) is 13.4. The van der Waals surface area contributed by atoms with E-state index in [0.717, 1.165) is 18.4 Å². The summed E-state index contributed by atoms with van der Waals surface area (Å²) in [7, 11) is 0. The summed E-state index contributed by atoms with van der Waals surface area (Å²) in [5.74, 6) is -0.530. The van der Waals surface area contributed by atoms with Crippen LogP contribution in [0, 0.1) is 0 Å². The van der Waals surface area contributed by atoms with Crippen LogP contribution in [-0.2, 0) is 4.79 Å². The maximum absolute atomic E-state index is 12.4. The van der Waals surface area contributed by atoms with Gasteiger partial charge in [-0.25, -0.2) is 0 Å². The second-order valence-corrected chi connectivity index (χ2v) is 5.47. The summed E-state index contributed by atoms with van der Waals surface area (Å²) < 4.78 is 4.87. The Balaban J connectivity index is 1.96. The minimum absolute atomic E-state index is 0.0537. The molecule has 2 rings (SSSR count). The SMILES string of the molecule is CCCC(NC(=O)C(C)NC(=O)c1ccoc1)c1ccccc1. The van der Waals surface area contributed by atoms with Gasteiger partial charge < -0.3 is 15.1 Å². The first-order valence-electron chi connectivity index (χ1n) is 7.80. The lowest BCUT2D eigenvalue weighted by Gasteiger charge is -2.21. The molecule has 2 atom stereocenters. The predicted octanol–water partition coefficient (Wildman–Crippen LogP) is 3.06. The number of carbonyl (C=O) groups is 2. The van der Waals surface area contributed by atoms with Crippen LogP contribution >= 0.6 is 0 Å². The Bertz CT molecular complexity index is 623. The van der Waals surface area contributed by atoms with Crippen molar-refractivity contribution in [1.82, 2.24) is 10.6 Å². The van der Waals surface area contributed by atoms with E-state index in [2.05, 4.69) is 17.6 Å². The number of hydrogen-bond acceptors (Lipinski definition) is 3. The van der Waals surface area contributed by atoms with Gasteiger partial charge in [-0.05, 0) is 25.0 Å². The van der Waals surface area contributed by atoms with Gasteiger partial charge in [-0.2, -0.15) is 0 Å². The zero-order chi connectivity index (χ0) is 16.7. The normalized spacial score (nSPS) is 13.1. The molecule has 0 bridgehead atoms. The molecule has 0 saturated heterocycles. The van der Waals surface area contributed by atoms with Gasteiger partial charge >= 0.3 is 0 Å². The molecule has 2 unspecified atom stereocenters. The maximum Gasteiger partial charge on any atom is 0.255 e. The quantitative estimate of drug-likeness (QED) is 0.825. The Morgan fingerprint density at radius 2 is 1.87 bits per heavy atom. The summed E-state index contributed by atoms with van der Waals surface area (Å²) in [6, 6.07) is 10.7. The second-order valence-electron chi connectivity index (χ2n) is 5.47. The Morgan fingerprint density at radius 3 is 2.48 bits per heavy atom. The minimum Gasteiger partial charge on any atom is -0.472 e. The fourth-order valence-electron chi connectivity index (χ4n) is 2.33. The van der Waals surface area contributed by atoms with Gasteiger partial charge in [0.25, 0.3) is 5.91 Å². The predicted molar refractivity (Wildman–Crippen MR) is 87.9 cm³/mol. The summed E-state index contributed by atoms with van der Waals surface area (Å²) in [5.41, 5.74) is 1.47. The van der Waals surface area contributed by atoms with E-state index < -0.39 is 6.04 Å². The molecule has 1 aromatic heterocycles. The van der Waals surface area contributed by atoms with Crippen molar-refractivity contribution in [1.29, 1.82) is 0 Å². The van der Waals surface area contributed by atoms with Gasteiger partial charge in [-0.15, -0.1) is 0 Å². The summed E-state index contributed by atoms with van der Waals surface area (Å²) >= 11 is 0. The topological polar surface area (TPSA) is 71.3 Å². The third-order valence-corrected chi connectivity index (χ3v) is 3.62. The molecular formula is C18H22N2O3. The first kappa shape index (κ1) is 16.8. The smallest absolute Gasteiger partial charge is 0.255 e. The molecule has 5 nitrogen and oxygen atoms in total. The lowest BCUT2D eigenvalue weighted by molar-refractivity contribution is -0.123. The lowest BCUT2D eigenvalue weighted by Crippen LogP contribution is -2.45.